The first-order chi connectivity index (χ1) is 7.90. The summed E-state index contributed by atoms with van der Waals surface area (Å²) in [5.41, 5.74) is -0.434. The molecular formula is C10H19ClO5Si. The molecule has 0 aromatic heterocycles. The summed E-state index contributed by atoms with van der Waals surface area (Å²) in [5, 5.41) is 0. The minimum absolute atomic E-state index is 0.310. The molecule has 0 fully saturated rings. The van der Waals surface area contributed by atoms with Crippen LogP contribution in [0.5, 0.6) is 0 Å². The van der Waals surface area contributed by atoms with E-state index in [0.29, 0.717) is 18.0 Å². The number of hydrogen-bond donors (Lipinski definition) is 0. The van der Waals surface area contributed by atoms with Gasteiger partial charge in [0.25, 0.3) is 0 Å². The van der Waals surface area contributed by atoms with Crippen LogP contribution < -0.4 is 0 Å². The monoisotopic (exact) mass is 282 g/mol. The van der Waals surface area contributed by atoms with Gasteiger partial charge in [0.1, 0.15) is 0 Å². The van der Waals surface area contributed by atoms with E-state index in [2.05, 4.69) is 6.58 Å². The predicted octanol–water partition coefficient (Wildman–Crippen LogP) is 1.94. The highest BCUT2D eigenvalue weighted by molar-refractivity contribution is 6.60. The molecule has 17 heavy (non-hydrogen) atoms. The van der Waals surface area contributed by atoms with E-state index in [1.54, 1.807) is 6.92 Å². The molecule has 0 rings (SSSR count). The van der Waals surface area contributed by atoms with Gasteiger partial charge < -0.3 is 18.0 Å². The molecule has 0 bridgehead atoms. The summed E-state index contributed by atoms with van der Waals surface area (Å²) in [7, 11) is 1.89. The van der Waals surface area contributed by atoms with Crippen molar-refractivity contribution in [3.8, 4) is 0 Å². The Morgan fingerprint density at radius 2 is 1.76 bits per heavy atom. The Balaban J connectivity index is 4.18. The molecule has 0 spiro atoms. The summed E-state index contributed by atoms with van der Waals surface area (Å²) in [6.07, 6.45) is 0.391. The van der Waals surface area contributed by atoms with Crippen LogP contribution in [0.4, 0.5) is 0 Å². The van der Waals surface area contributed by atoms with E-state index in [1.807, 2.05) is 0 Å². The molecule has 0 radical (unpaired) electrons. The number of rotatable bonds is 8. The number of carbonyl (C=O) groups is 1. The molecule has 7 heteroatoms. The zero-order valence-electron chi connectivity index (χ0n) is 10.6. The third-order valence-corrected chi connectivity index (χ3v) is 5.27. The van der Waals surface area contributed by atoms with E-state index in [1.165, 1.54) is 21.3 Å². The van der Waals surface area contributed by atoms with E-state index in [0.717, 1.165) is 0 Å². The zero-order valence-corrected chi connectivity index (χ0v) is 12.4. The van der Waals surface area contributed by atoms with Gasteiger partial charge in [0.15, 0.2) is 5.56 Å². The van der Waals surface area contributed by atoms with Crippen LogP contribution in [0.3, 0.4) is 0 Å². The van der Waals surface area contributed by atoms with Crippen molar-refractivity contribution in [1.82, 2.24) is 0 Å². The number of alkyl halides is 1. The smallest absolute Gasteiger partial charge is 0.443 e. The van der Waals surface area contributed by atoms with E-state index in [9.17, 15) is 4.79 Å². The number of carbonyl (C=O) groups excluding carboxylic acids is 1. The van der Waals surface area contributed by atoms with Gasteiger partial charge in [-0.1, -0.05) is 18.2 Å². The maximum atomic E-state index is 11.2. The lowest BCUT2D eigenvalue weighted by atomic mass is 10.4. The fraction of sp³-hybridized carbons (Fsp3) is 0.700. The largest absolute Gasteiger partial charge is 0.500 e. The van der Waals surface area contributed by atoms with Crippen LogP contribution in [0.25, 0.3) is 0 Å². The normalized spacial score (nSPS) is 13.2. The van der Waals surface area contributed by atoms with Crippen molar-refractivity contribution < 1.29 is 22.8 Å². The first-order valence-electron chi connectivity index (χ1n) is 5.06. The quantitative estimate of drug-likeness (QED) is 0.295. The molecule has 0 aliphatic carbocycles. The van der Waals surface area contributed by atoms with Gasteiger partial charge in [0, 0.05) is 39.4 Å². The van der Waals surface area contributed by atoms with Gasteiger partial charge in [0.05, 0.1) is 0 Å². The number of esters is 1. The SMILES string of the molecule is C=C(C)C(=O)O[C@H](Cl)CC[Si](OC)(OC)OC. The Morgan fingerprint density at radius 3 is 2.12 bits per heavy atom. The molecule has 0 amide bonds. The van der Waals surface area contributed by atoms with Crippen LogP contribution in [-0.4, -0.2) is 41.7 Å². The summed E-state index contributed by atoms with van der Waals surface area (Å²) < 4.78 is 20.6. The van der Waals surface area contributed by atoms with Gasteiger partial charge in [-0.15, -0.1) is 0 Å². The van der Waals surface area contributed by atoms with Gasteiger partial charge in [-0.25, -0.2) is 4.79 Å². The molecule has 0 aromatic rings. The van der Waals surface area contributed by atoms with Crippen LogP contribution in [0.15, 0.2) is 12.2 Å². The van der Waals surface area contributed by atoms with Crippen LogP contribution in [0.1, 0.15) is 13.3 Å². The highest BCUT2D eigenvalue weighted by atomic mass is 35.5. The molecule has 0 heterocycles. The van der Waals surface area contributed by atoms with E-state index in [-0.39, 0.29) is 0 Å². The molecule has 1 atom stereocenters. The summed E-state index contributed by atoms with van der Waals surface area (Å²) in [4.78, 5) is 11.2. The summed E-state index contributed by atoms with van der Waals surface area (Å²) >= 11 is 5.87. The van der Waals surface area contributed by atoms with Gasteiger partial charge in [-0.05, 0) is 6.92 Å². The van der Waals surface area contributed by atoms with Crippen molar-refractivity contribution in [2.75, 3.05) is 21.3 Å². The lowest BCUT2D eigenvalue weighted by Gasteiger charge is -2.25. The molecule has 0 saturated heterocycles. The van der Waals surface area contributed by atoms with Gasteiger partial charge in [-0.3, -0.25) is 0 Å². The van der Waals surface area contributed by atoms with Crippen molar-refractivity contribution in [2.24, 2.45) is 0 Å². The summed E-state index contributed by atoms with van der Waals surface area (Å²) in [5.74, 6) is -0.510. The Morgan fingerprint density at radius 1 is 1.29 bits per heavy atom. The van der Waals surface area contributed by atoms with Gasteiger partial charge in [-0.2, -0.15) is 0 Å². The second-order valence-corrected chi connectivity index (χ2v) is 7.01. The van der Waals surface area contributed by atoms with Crippen molar-refractivity contribution in [3.63, 3.8) is 0 Å². The predicted molar refractivity (Wildman–Crippen MR) is 66.8 cm³/mol. The second kappa shape index (κ2) is 7.83. The zero-order chi connectivity index (χ0) is 13.5. The topological polar surface area (TPSA) is 54.0 Å². The number of hydrogen-bond acceptors (Lipinski definition) is 5. The third-order valence-electron chi connectivity index (χ3n) is 2.19. The highest BCUT2D eigenvalue weighted by Crippen LogP contribution is 2.19. The third kappa shape index (κ3) is 5.65. The average molecular weight is 283 g/mol. The van der Waals surface area contributed by atoms with Crippen molar-refractivity contribution >= 4 is 26.4 Å². The van der Waals surface area contributed by atoms with Gasteiger partial charge in [0.2, 0.25) is 0 Å². The number of ether oxygens (including phenoxy) is 1. The van der Waals surface area contributed by atoms with E-state index >= 15 is 0 Å². The highest BCUT2D eigenvalue weighted by Gasteiger charge is 2.38. The maximum absolute atomic E-state index is 11.2. The fourth-order valence-electron chi connectivity index (χ4n) is 1.12. The first kappa shape index (κ1) is 16.6. The molecule has 0 saturated carbocycles. The summed E-state index contributed by atoms with van der Waals surface area (Å²) in [6, 6.07) is 0.466. The summed E-state index contributed by atoms with van der Waals surface area (Å²) in [6.45, 7) is 5.03. The molecule has 0 aromatic carbocycles. The van der Waals surface area contributed by atoms with Gasteiger partial charge >= 0.3 is 14.8 Å². The molecule has 0 unspecified atom stereocenters. The Hall–Kier alpha value is -0.403. The second-order valence-electron chi connectivity index (χ2n) is 3.43. The lowest BCUT2D eigenvalue weighted by molar-refractivity contribution is -0.140. The standard InChI is InChI=1S/C10H19ClO5Si/c1-8(2)10(12)16-9(11)6-7-17(13-3,14-4)15-5/h9H,1,6-7H2,2-5H3/t9-/m0/s1. The molecule has 0 aliphatic heterocycles. The fourth-order valence-corrected chi connectivity index (χ4v) is 3.22. The van der Waals surface area contributed by atoms with Crippen molar-refractivity contribution in [1.29, 1.82) is 0 Å². The van der Waals surface area contributed by atoms with Crippen molar-refractivity contribution in [2.45, 2.75) is 25.0 Å². The average Bonchev–Trinajstić information content (AvgIpc) is 2.31. The van der Waals surface area contributed by atoms with E-state index < -0.39 is 20.3 Å². The Bertz CT molecular complexity index is 259. The molecule has 0 N–H and O–H groups in total. The molecule has 0 aliphatic rings. The Labute approximate surface area is 108 Å². The van der Waals surface area contributed by atoms with Crippen LogP contribution >= 0.6 is 11.6 Å². The first-order valence-corrected chi connectivity index (χ1v) is 7.43. The minimum Gasteiger partial charge on any atom is -0.443 e. The lowest BCUT2D eigenvalue weighted by Crippen LogP contribution is -2.43. The van der Waals surface area contributed by atoms with Crippen molar-refractivity contribution in [3.05, 3.63) is 12.2 Å². The molecular weight excluding hydrogens is 264 g/mol. The van der Waals surface area contributed by atoms with Crippen LogP contribution in [0.2, 0.25) is 6.04 Å². The molecule has 100 valence electrons. The number of halogens is 1. The van der Waals surface area contributed by atoms with Crippen LogP contribution in [-0.2, 0) is 22.8 Å². The molecule has 5 nitrogen and oxygen atoms in total. The minimum atomic E-state index is -2.66. The Kier molecular flexibility index (Phi) is 7.65. The maximum Gasteiger partial charge on any atom is 0.500 e. The van der Waals surface area contributed by atoms with E-state index in [4.69, 9.17) is 29.6 Å². The van der Waals surface area contributed by atoms with Crippen LogP contribution in [0, 0.1) is 0 Å².